The summed E-state index contributed by atoms with van der Waals surface area (Å²) in [5, 5.41) is 23.5. The van der Waals surface area contributed by atoms with Crippen LogP contribution in [0.4, 0.5) is 0 Å². The topological polar surface area (TPSA) is 99.9 Å². The fraction of sp³-hybridized carbons (Fsp3) is 0.407. The highest BCUT2D eigenvalue weighted by Gasteiger charge is 2.29. The van der Waals surface area contributed by atoms with Crippen LogP contribution in [0.25, 0.3) is 10.9 Å². The van der Waals surface area contributed by atoms with Crippen molar-refractivity contribution in [3.63, 3.8) is 0 Å². The van der Waals surface area contributed by atoms with Crippen molar-refractivity contribution >= 4 is 10.9 Å². The Morgan fingerprint density at radius 1 is 1.09 bits per heavy atom. The number of rotatable bonds is 10. The minimum Gasteiger partial charge on any atom is -0.395 e. The number of nitrogens with one attached hydrogen (secondary N) is 1. The van der Waals surface area contributed by atoms with Gasteiger partial charge < -0.3 is 10.1 Å². The molecule has 0 unspecified atom stereocenters. The molecule has 0 aliphatic heterocycles. The van der Waals surface area contributed by atoms with E-state index in [0.717, 1.165) is 28.7 Å². The molecule has 4 aromatic rings. The molecule has 35 heavy (non-hydrogen) atoms. The number of pyridine rings is 1. The summed E-state index contributed by atoms with van der Waals surface area (Å²) in [4.78, 5) is 18.1. The molecule has 184 valence electrons. The number of aliphatic hydroxyl groups is 1. The third kappa shape index (κ3) is 5.66. The van der Waals surface area contributed by atoms with E-state index in [1.807, 2.05) is 41.9 Å². The van der Waals surface area contributed by atoms with Crippen molar-refractivity contribution in [2.45, 2.75) is 53.2 Å². The quantitative estimate of drug-likeness (QED) is 0.365. The zero-order chi connectivity index (χ0) is 24.9. The number of aromatic nitrogens is 5. The number of aryl methyl sites for hydroxylation is 4. The van der Waals surface area contributed by atoms with Crippen LogP contribution >= 0.6 is 0 Å². The van der Waals surface area contributed by atoms with Gasteiger partial charge in [-0.1, -0.05) is 44.2 Å². The van der Waals surface area contributed by atoms with Crippen LogP contribution in [0.2, 0.25) is 0 Å². The van der Waals surface area contributed by atoms with Gasteiger partial charge in [-0.2, -0.15) is 0 Å². The van der Waals surface area contributed by atoms with Gasteiger partial charge in [0.1, 0.15) is 0 Å². The summed E-state index contributed by atoms with van der Waals surface area (Å²) in [5.41, 5.74) is 4.92. The molecule has 2 N–H and O–H groups in total. The van der Waals surface area contributed by atoms with E-state index < -0.39 is 0 Å². The summed E-state index contributed by atoms with van der Waals surface area (Å²) in [6, 6.07) is 16.2. The zero-order valence-electron chi connectivity index (χ0n) is 20.9. The average Bonchev–Trinajstić information content (AvgIpc) is 3.28. The van der Waals surface area contributed by atoms with Crippen molar-refractivity contribution in [1.29, 1.82) is 0 Å². The van der Waals surface area contributed by atoms with Crippen molar-refractivity contribution < 1.29 is 5.11 Å². The highest BCUT2D eigenvalue weighted by Crippen LogP contribution is 2.28. The lowest BCUT2D eigenvalue weighted by Gasteiger charge is -2.33. The van der Waals surface area contributed by atoms with E-state index in [1.54, 1.807) is 0 Å². The second-order valence-corrected chi connectivity index (χ2v) is 9.53. The number of hydrogen-bond donors (Lipinski definition) is 2. The fourth-order valence-electron chi connectivity index (χ4n) is 4.65. The lowest BCUT2D eigenvalue weighted by molar-refractivity contribution is 0.105. The maximum Gasteiger partial charge on any atom is 0.252 e. The predicted octanol–water partition coefficient (Wildman–Crippen LogP) is 3.57. The maximum absolute atomic E-state index is 13.0. The molecule has 2 aromatic heterocycles. The number of nitrogens with zero attached hydrogens (tertiary/aromatic N) is 5. The summed E-state index contributed by atoms with van der Waals surface area (Å²) < 4.78 is 1.85. The molecule has 8 heteroatoms. The molecule has 1 atom stereocenters. The molecule has 4 rings (SSSR count). The van der Waals surface area contributed by atoms with Crippen LogP contribution < -0.4 is 5.56 Å². The second-order valence-electron chi connectivity index (χ2n) is 9.53. The number of H-pyrrole nitrogens is 1. The lowest BCUT2D eigenvalue weighted by atomic mass is 10.00. The smallest absolute Gasteiger partial charge is 0.252 e. The number of fused-ring (bicyclic) bond motifs is 1. The van der Waals surface area contributed by atoms with E-state index in [4.69, 9.17) is 0 Å². The first-order valence-corrected chi connectivity index (χ1v) is 12.2. The number of aliphatic hydroxyl groups excluding tert-OH is 1. The van der Waals surface area contributed by atoms with Gasteiger partial charge in [-0.15, -0.1) is 5.10 Å². The number of tetrazole rings is 1. The molecule has 0 bridgehead atoms. The normalized spacial score (nSPS) is 12.7. The molecule has 0 saturated heterocycles. The van der Waals surface area contributed by atoms with Crippen LogP contribution in [-0.2, 0) is 19.5 Å². The predicted molar refractivity (Wildman–Crippen MR) is 137 cm³/mol. The van der Waals surface area contributed by atoms with E-state index in [9.17, 15) is 9.90 Å². The molecule has 2 aromatic carbocycles. The summed E-state index contributed by atoms with van der Waals surface area (Å²) in [6.45, 7) is 9.74. The van der Waals surface area contributed by atoms with Crippen molar-refractivity contribution in [2.24, 2.45) is 5.92 Å². The first-order valence-electron chi connectivity index (χ1n) is 12.2. The van der Waals surface area contributed by atoms with Gasteiger partial charge in [0.2, 0.25) is 0 Å². The largest absolute Gasteiger partial charge is 0.395 e. The first-order chi connectivity index (χ1) is 16.9. The van der Waals surface area contributed by atoms with E-state index in [2.05, 4.69) is 64.4 Å². The Bertz CT molecular complexity index is 1330. The van der Waals surface area contributed by atoms with E-state index >= 15 is 0 Å². The molecule has 0 saturated carbocycles. The van der Waals surface area contributed by atoms with Gasteiger partial charge in [0.15, 0.2) is 5.82 Å². The second kappa shape index (κ2) is 10.9. The molecular formula is C27H34N6O2. The monoisotopic (exact) mass is 474 g/mol. The molecule has 2 heterocycles. The van der Waals surface area contributed by atoms with Gasteiger partial charge in [0.05, 0.1) is 12.6 Å². The number of hydrogen-bond acceptors (Lipinski definition) is 6. The third-order valence-corrected chi connectivity index (χ3v) is 6.60. The van der Waals surface area contributed by atoms with Crippen LogP contribution in [0, 0.1) is 19.8 Å². The van der Waals surface area contributed by atoms with Crippen LogP contribution in [0.15, 0.2) is 53.3 Å². The molecule has 0 amide bonds. The number of benzene rings is 2. The highest BCUT2D eigenvalue weighted by molar-refractivity contribution is 5.80. The molecule has 0 spiro atoms. The average molecular weight is 475 g/mol. The van der Waals surface area contributed by atoms with E-state index in [-0.39, 0.29) is 24.1 Å². The van der Waals surface area contributed by atoms with Crippen LogP contribution in [-0.4, -0.2) is 48.3 Å². The minimum absolute atomic E-state index is 0.0292. The van der Waals surface area contributed by atoms with E-state index in [0.29, 0.717) is 25.2 Å². The molecule has 0 aliphatic rings. The van der Waals surface area contributed by atoms with Gasteiger partial charge in [0, 0.05) is 30.7 Å². The first kappa shape index (κ1) is 24.8. The Labute approximate surface area is 205 Å². The van der Waals surface area contributed by atoms with Gasteiger partial charge in [-0.05, 0) is 76.9 Å². The standard InChI is InChI=1S/C27H34N6O2/c1-18(2)25(26-29-30-31-33(26)11-10-21-8-6-5-7-9-21)32(12-13-34)17-23-16-22-14-19(3)20(4)15-24(22)28-27(23)35/h5-9,14-16,18,25,34H,10-13,17H2,1-4H3,(H,28,35)/t25-/m0/s1. The Hall–Kier alpha value is -3.36. The summed E-state index contributed by atoms with van der Waals surface area (Å²) in [5.74, 6) is 0.903. The Balaban J connectivity index is 1.64. The fourth-order valence-corrected chi connectivity index (χ4v) is 4.65. The molecular weight excluding hydrogens is 440 g/mol. The zero-order valence-corrected chi connectivity index (χ0v) is 20.9. The van der Waals surface area contributed by atoms with Crippen molar-refractivity contribution in [1.82, 2.24) is 30.1 Å². The highest BCUT2D eigenvalue weighted by atomic mass is 16.3. The molecule has 0 fully saturated rings. The lowest BCUT2D eigenvalue weighted by Crippen LogP contribution is -2.37. The van der Waals surface area contributed by atoms with Crippen molar-refractivity contribution in [3.05, 3.63) is 87.0 Å². The maximum atomic E-state index is 13.0. The Morgan fingerprint density at radius 3 is 2.54 bits per heavy atom. The SMILES string of the molecule is Cc1cc2cc(CN(CCO)[C@H](c3nnnn3CCc3ccccc3)C(C)C)c(=O)[nH]c2cc1C. The van der Waals surface area contributed by atoms with Gasteiger partial charge in [-0.25, -0.2) is 4.68 Å². The molecule has 0 radical (unpaired) electrons. The van der Waals surface area contributed by atoms with Crippen LogP contribution in [0.1, 0.15) is 48.0 Å². The van der Waals surface area contributed by atoms with Crippen LogP contribution in [0.3, 0.4) is 0 Å². The Kier molecular flexibility index (Phi) is 7.73. The Morgan fingerprint density at radius 2 is 1.83 bits per heavy atom. The summed E-state index contributed by atoms with van der Waals surface area (Å²) in [7, 11) is 0. The molecule has 0 aliphatic carbocycles. The van der Waals surface area contributed by atoms with Gasteiger partial charge in [0.25, 0.3) is 5.56 Å². The van der Waals surface area contributed by atoms with Gasteiger partial charge >= 0.3 is 0 Å². The van der Waals surface area contributed by atoms with Crippen LogP contribution in [0.5, 0.6) is 0 Å². The third-order valence-electron chi connectivity index (χ3n) is 6.60. The van der Waals surface area contributed by atoms with Crippen molar-refractivity contribution in [2.75, 3.05) is 13.2 Å². The van der Waals surface area contributed by atoms with Crippen molar-refractivity contribution in [3.8, 4) is 0 Å². The van der Waals surface area contributed by atoms with E-state index in [1.165, 1.54) is 11.1 Å². The van der Waals surface area contributed by atoms with Gasteiger partial charge in [-0.3, -0.25) is 9.69 Å². The minimum atomic E-state index is -0.164. The summed E-state index contributed by atoms with van der Waals surface area (Å²) in [6.07, 6.45) is 0.812. The summed E-state index contributed by atoms with van der Waals surface area (Å²) >= 11 is 0. The number of aromatic amines is 1. The molecule has 8 nitrogen and oxygen atoms in total.